The molecule has 6 heteroatoms. The Morgan fingerprint density at radius 2 is 1.95 bits per heavy atom. The van der Waals surface area contributed by atoms with Crippen LogP contribution in [0.1, 0.15) is 44.2 Å². The minimum atomic E-state index is -0.637. The molecule has 0 saturated carbocycles. The number of aliphatic imine (C=N–C) groups is 1. The predicted molar refractivity (Wildman–Crippen MR) is 157 cm³/mol. The molecular formula is C32H36ClF2N3. The fourth-order valence-corrected chi connectivity index (χ4v) is 4.60. The van der Waals surface area contributed by atoms with Gasteiger partial charge in [-0.25, -0.2) is 8.78 Å². The third kappa shape index (κ3) is 8.11. The molecule has 0 amide bonds. The second kappa shape index (κ2) is 14.6. The largest absolute Gasteiger partial charge is 0.363 e. The van der Waals surface area contributed by atoms with Gasteiger partial charge in [0, 0.05) is 46.6 Å². The lowest BCUT2D eigenvalue weighted by Crippen LogP contribution is -2.40. The summed E-state index contributed by atoms with van der Waals surface area (Å²) in [5.41, 5.74) is 10.4. The number of hydrogen-bond acceptors (Lipinski definition) is 3. The van der Waals surface area contributed by atoms with Crippen LogP contribution in [-0.4, -0.2) is 29.7 Å². The van der Waals surface area contributed by atoms with Gasteiger partial charge in [-0.3, -0.25) is 4.99 Å². The lowest BCUT2D eigenvalue weighted by atomic mass is 9.99. The first-order chi connectivity index (χ1) is 18.3. The van der Waals surface area contributed by atoms with E-state index in [4.69, 9.17) is 22.3 Å². The zero-order valence-corrected chi connectivity index (χ0v) is 22.9. The molecular weight excluding hydrogens is 500 g/mol. The maximum absolute atomic E-state index is 15.0. The first-order valence-corrected chi connectivity index (χ1v) is 13.3. The Bertz CT molecular complexity index is 1260. The summed E-state index contributed by atoms with van der Waals surface area (Å²) in [7, 11) is 0. The fraction of sp³-hybridized carbons (Fsp3) is 0.281. The Balaban J connectivity index is 2.03. The van der Waals surface area contributed by atoms with Crippen LogP contribution in [0.15, 0.2) is 113 Å². The van der Waals surface area contributed by atoms with Crippen LogP contribution >= 0.6 is 11.6 Å². The molecule has 0 spiro atoms. The molecule has 2 N–H and O–H groups in total. The molecule has 0 fully saturated rings. The lowest BCUT2D eigenvalue weighted by molar-refractivity contribution is 0.322. The van der Waals surface area contributed by atoms with Crippen LogP contribution < -0.4 is 5.73 Å². The molecule has 2 aromatic carbocycles. The maximum atomic E-state index is 15.0. The molecule has 1 unspecified atom stereocenters. The van der Waals surface area contributed by atoms with E-state index < -0.39 is 11.7 Å². The molecule has 0 heterocycles. The summed E-state index contributed by atoms with van der Waals surface area (Å²) in [5, 5.41) is 0.636. The number of rotatable bonds is 12. The molecule has 1 aliphatic rings. The van der Waals surface area contributed by atoms with Gasteiger partial charge in [0.25, 0.3) is 0 Å². The van der Waals surface area contributed by atoms with E-state index in [2.05, 4.69) is 18.7 Å². The summed E-state index contributed by atoms with van der Waals surface area (Å²) in [6, 6.07) is 17.6. The van der Waals surface area contributed by atoms with E-state index in [1.807, 2.05) is 67.3 Å². The van der Waals surface area contributed by atoms with E-state index in [0.29, 0.717) is 36.7 Å². The van der Waals surface area contributed by atoms with Crippen LogP contribution in [0.4, 0.5) is 8.78 Å². The van der Waals surface area contributed by atoms with Gasteiger partial charge in [-0.2, -0.15) is 0 Å². The second-order valence-corrected chi connectivity index (χ2v) is 9.63. The van der Waals surface area contributed by atoms with Gasteiger partial charge >= 0.3 is 0 Å². The molecule has 0 saturated heterocycles. The van der Waals surface area contributed by atoms with Gasteiger partial charge in [-0.05, 0) is 57.4 Å². The Morgan fingerprint density at radius 3 is 2.63 bits per heavy atom. The van der Waals surface area contributed by atoms with E-state index in [9.17, 15) is 8.78 Å². The quantitative estimate of drug-likeness (QED) is 0.277. The number of benzene rings is 2. The van der Waals surface area contributed by atoms with Crippen LogP contribution in [0, 0.1) is 0 Å². The summed E-state index contributed by atoms with van der Waals surface area (Å²) in [6.07, 6.45) is 8.33. The molecule has 3 nitrogen and oxygen atoms in total. The van der Waals surface area contributed by atoms with Crippen LogP contribution in [0.5, 0.6) is 0 Å². The van der Waals surface area contributed by atoms with Gasteiger partial charge in [-0.15, -0.1) is 0 Å². The van der Waals surface area contributed by atoms with Crippen molar-refractivity contribution in [1.82, 2.24) is 4.90 Å². The molecule has 3 rings (SSSR count). The van der Waals surface area contributed by atoms with Gasteiger partial charge < -0.3 is 10.6 Å². The highest BCUT2D eigenvalue weighted by atomic mass is 35.5. The van der Waals surface area contributed by atoms with Gasteiger partial charge in [0.15, 0.2) is 0 Å². The van der Waals surface area contributed by atoms with Crippen LogP contribution in [0.3, 0.4) is 0 Å². The SMILES string of the molecule is C=C(C1=C(F)C=C(F)CC=C1)N(CCCN)C(C)C(CCc1ccccc1)=N/C(=C\C)c1cccc(Cl)c1. The van der Waals surface area contributed by atoms with Gasteiger partial charge in [0.1, 0.15) is 11.7 Å². The van der Waals surface area contributed by atoms with E-state index in [-0.39, 0.29) is 18.0 Å². The van der Waals surface area contributed by atoms with Gasteiger partial charge in [-0.1, -0.05) is 78.9 Å². The number of halogens is 3. The zero-order chi connectivity index (χ0) is 27.5. The molecule has 2 aromatic rings. The van der Waals surface area contributed by atoms with E-state index >= 15 is 0 Å². The third-order valence-corrected chi connectivity index (χ3v) is 6.75. The minimum Gasteiger partial charge on any atom is -0.363 e. The van der Waals surface area contributed by atoms with Gasteiger partial charge in [0.05, 0.1) is 11.7 Å². The number of nitrogens with two attached hydrogens (primary N) is 1. The highest BCUT2D eigenvalue weighted by Gasteiger charge is 2.24. The normalized spacial score (nSPS) is 15.3. The maximum Gasteiger partial charge on any atom is 0.135 e. The third-order valence-electron chi connectivity index (χ3n) is 6.52. The van der Waals surface area contributed by atoms with E-state index in [1.165, 1.54) is 5.56 Å². The lowest BCUT2D eigenvalue weighted by Gasteiger charge is -2.34. The number of nitrogens with zero attached hydrogens (tertiary/aromatic N) is 2. The average molecular weight is 536 g/mol. The Kier molecular flexibility index (Phi) is 11.3. The van der Waals surface area contributed by atoms with Crippen LogP contribution in [0.25, 0.3) is 5.70 Å². The monoisotopic (exact) mass is 535 g/mol. The molecule has 1 aliphatic carbocycles. The van der Waals surface area contributed by atoms with Crippen LogP contribution in [0.2, 0.25) is 5.02 Å². The Labute approximate surface area is 230 Å². The summed E-state index contributed by atoms with van der Waals surface area (Å²) in [5.74, 6) is -1.16. The molecule has 38 heavy (non-hydrogen) atoms. The first kappa shape index (κ1) is 29.3. The van der Waals surface area contributed by atoms with E-state index in [1.54, 1.807) is 12.2 Å². The highest BCUT2D eigenvalue weighted by Crippen LogP contribution is 2.29. The van der Waals surface area contributed by atoms with Crippen molar-refractivity contribution >= 4 is 23.0 Å². The summed E-state index contributed by atoms with van der Waals surface area (Å²) >= 11 is 6.27. The van der Waals surface area contributed by atoms with Crippen molar-refractivity contribution in [2.45, 2.75) is 45.6 Å². The van der Waals surface area contributed by atoms with Crippen molar-refractivity contribution in [3.63, 3.8) is 0 Å². The van der Waals surface area contributed by atoms with Gasteiger partial charge in [0.2, 0.25) is 0 Å². The van der Waals surface area contributed by atoms with Crippen molar-refractivity contribution in [2.24, 2.45) is 10.7 Å². The standard InChI is InChI=1S/C32H36ClF2N3/c1-4-31(26-13-8-14-27(33)21-26)37-32(18-17-25-11-6-5-7-12-25)24(3)38(20-10-19-36)23(2)29-16-9-15-28(34)22-30(29)35/h4-9,11-14,16,21-22,24H,2,10,15,17-20,36H2,1,3H3/b31-4-,37-32?. The summed E-state index contributed by atoms with van der Waals surface area (Å²) in [6.45, 7) is 9.26. The van der Waals surface area contributed by atoms with Crippen molar-refractivity contribution in [1.29, 1.82) is 0 Å². The molecule has 0 aliphatic heterocycles. The highest BCUT2D eigenvalue weighted by molar-refractivity contribution is 6.30. The average Bonchev–Trinajstić information content (AvgIpc) is 3.08. The number of hydrogen-bond donors (Lipinski definition) is 1. The molecule has 0 bridgehead atoms. The first-order valence-electron chi connectivity index (χ1n) is 13.0. The Morgan fingerprint density at radius 1 is 1.18 bits per heavy atom. The smallest absolute Gasteiger partial charge is 0.135 e. The number of aryl methyl sites for hydroxylation is 1. The second-order valence-electron chi connectivity index (χ2n) is 9.19. The van der Waals surface area contributed by atoms with Crippen molar-refractivity contribution in [3.05, 3.63) is 125 Å². The van der Waals surface area contributed by atoms with Crippen LogP contribution in [-0.2, 0) is 6.42 Å². The number of allylic oxidation sites excluding steroid dienone is 6. The van der Waals surface area contributed by atoms with Crippen molar-refractivity contribution < 1.29 is 8.78 Å². The van der Waals surface area contributed by atoms with E-state index in [0.717, 1.165) is 29.5 Å². The summed E-state index contributed by atoms with van der Waals surface area (Å²) < 4.78 is 28.9. The summed E-state index contributed by atoms with van der Waals surface area (Å²) in [4.78, 5) is 7.16. The predicted octanol–water partition coefficient (Wildman–Crippen LogP) is 8.36. The topological polar surface area (TPSA) is 41.6 Å². The molecule has 0 radical (unpaired) electrons. The zero-order valence-electron chi connectivity index (χ0n) is 22.1. The van der Waals surface area contributed by atoms with Crippen molar-refractivity contribution in [3.8, 4) is 0 Å². The molecule has 0 aromatic heterocycles. The van der Waals surface area contributed by atoms with Crippen molar-refractivity contribution in [2.75, 3.05) is 13.1 Å². The Hall–Kier alpha value is -3.28. The molecule has 1 atom stereocenters. The fourth-order valence-electron chi connectivity index (χ4n) is 4.41. The molecule has 200 valence electrons. The minimum absolute atomic E-state index is 0.0522.